The highest BCUT2D eigenvalue weighted by molar-refractivity contribution is 7.18. The number of H-pyrrole nitrogens is 1. The number of fused-ring (bicyclic) bond motifs is 1. The lowest BCUT2D eigenvalue weighted by Gasteiger charge is -2.01. The van der Waals surface area contributed by atoms with E-state index in [2.05, 4.69) is 70.6 Å². The second-order valence-electron chi connectivity index (χ2n) is 7.51. The lowest BCUT2D eigenvalue weighted by molar-refractivity contribution is 0.386. The Morgan fingerprint density at radius 2 is 1.80 bits per heavy atom. The van der Waals surface area contributed by atoms with Gasteiger partial charge in [-0.25, -0.2) is 0 Å². The van der Waals surface area contributed by atoms with Crippen LogP contribution < -0.4 is 0 Å². The summed E-state index contributed by atoms with van der Waals surface area (Å²) in [6.45, 7) is 2.23. The smallest absolute Gasteiger partial charge is 0.231 e. The third kappa shape index (κ3) is 3.81. The fraction of sp³-hybridized carbons (Fsp3) is 0.200. The van der Waals surface area contributed by atoms with Crippen molar-refractivity contribution in [2.45, 2.75) is 32.6 Å². The van der Waals surface area contributed by atoms with Gasteiger partial charge in [0, 0.05) is 22.0 Å². The maximum Gasteiger partial charge on any atom is 0.231 e. The molecule has 4 nitrogen and oxygen atoms in total. The molecule has 0 aliphatic carbocycles. The quantitative estimate of drug-likeness (QED) is 0.316. The molecule has 0 saturated carbocycles. The van der Waals surface area contributed by atoms with Gasteiger partial charge in [-0.3, -0.25) is 0 Å². The van der Waals surface area contributed by atoms with Gasteiger partial charge in [-0.1, -0.05) is 61.0 Å². The van der Waals surface area contributed by atoms with Crippen LogP contribution >= 0.6 is 11.3 Å². The standard InChI is InChI=1S/C25H23N3OS/c1-2-3-6-17-9-11-18(12-10-17)22-13-14-23(30-22)25-27-24(29-28-25)15-19-16-26-21-8-5-4-7-20(19)21/h4-5,7-14,16,26H,2-3,6,15H2,1H3. The van der Waals surface area contributed by atoms with Crippen molar-refractivity contribution in [1.82, 2.24) is 15.1 Å². The summed E-state index contributed by atoms with van der Waals surface area (Å²) in [5, 5.41) is 5.41. The summed E-state index contributed by atoms with van der Waals surface area (Å²) in [6.07, 6.45) is 6.25. The van der Waals surface area contributed by atoms with E-state index in [9.17, 15) is 0 Å². The fourth-order valence-corrected chi connectivity index (χ4v) is 4.63. The van der Waals surface area contributed by atoms with Gasteiger partial charge in [0.05, 0.1) is 11.3 Å². The number of rotatable bonds is 7. The van der Waals surface area contributed by atoms with Crippen LogP contribution in [0.1, 0.15) is 36.8 Å². The number of hydrogen-bond acceptors (Lipinski definition) is 4. The molecule has 0 amide bonds. The van der Waals surface area contributed by atoms with Crippen molar-refractivity contribution < 1.29 is 4.52 Å². The van der Waals surface area contributed by atoms with Gasteiger partial charge in [-0.05, 0) is 47.7 Å². The van der Waals surface area contributed by atoms with Gasteiger partial charge >= 0.3 is 0 Å². The van der Waals surface area contributed by atoms with E-state index >= 15 is 0 Å². The molecule has 0 unspecified atom stereocenters. The van der Waals surface area contributed by atoms with Crippen LogP contribution in [0.3, 0.4) is 0 Å². The van der Waals surface area contributed by atoms with Crippen LogP contribution in [0.15, 0.2) is 71.4 Å². The topological polar surface area (TPSA) is 54.7 Å². The van der Waals surface area contributed by atoms with Crippen molar-refractivity contribution >= 4 is 22.2 Å². The van der Waals surface area contributed by atoms with Crippen molar-refractivity contribution in [2.24, 2.45) is 0 Å². The molecule has 3 aromatic heterocycles. The SMILES string of the molecule is CCCCc1ccc(-c2ccc(-c3noc(Cc4c[nH]c5ccccc45)n3)s2)cc1. The van der Waals surface area contributed by atoms with E-state index in [1.807, 2.05) is 18.3 Å². The summed E-state index contributed by atoms with van der Waals surface area (Å²) in [6, 6.07) is 21.3. The Morgan fingerprint density at radius 3 is 2.67 bits per heavy atom. The van der Waals surface area contributed by atoms with Crippen molar-refractivity contribution in [3.05, 3.63) is 83.9 Å². The molecule has 0 atom stereocenters. The zero-order valence-electron chi connectivity index (χ0n) is 16.9. The first-order chi connectivity index (χ1) is 14.8. The van der Waals surface area contributed by atoms with Gasteiger partial charge in [-0.2, -0.15) is 4.98 Å². The molecule has 1 N–H and O–H groups in total. The molecule has 0 aliphatic rings. The number of aromatic amines is 1. The molecule has 30 heavy (non-hydrogen) atoms. The second-order valence-corrected chi connectivity index (χ2v) is 8.60. The monoisotopic (exact) mass is 413 g/mol. The minimum absolute atomic E-state index is 0.620. The van der Waals surface area contributed by atoms with Crippen molar-refractivity contribution in [3.63, 3.8) is 0 Å². The molecule has 150 valence electrons. The number of unbranched alkanes of at least 4 members (excludes halogenated alkanes) is 1. The molecular weight excluding hydrogens is 390 g/mol. The lowest BCUT2D eigenvalue weighted by Crippen LogP contribution is -1.86. The Labute approximate surface area is 179 Å². The fourth-order valence-electron chi connectivity index (χ4n) is 3.70. The molecule has 0 saturated heterocycles. The molecule has 5 heteroatoms. The van der Waals surface area contributed by atoms with Gasteiger partial charge in [-0.15, -0.1) is 11.3 Å². The Bertz CT molecular complexity index is 1260. The largest absolute Gasteiger partial charge is 0.361 e. The second kappa shape index (κ2) is 8.28. The Hall–Kier alpha value is -3.18. The van der Waals surface area contributed by atoms with Gasteiger partial charge < -0.3 is 9.51 Å². The van der Waals surface area contributed by atoms with E-state index in [1.54, 1.807) is 11.3 Å². The molecule has 0 radical (unpaired) electrons. The molecule has 2 aromatic carbocycles. The number of benzene rings is 2. The highest BCUT2D eigenvalue weighted by Crippen LogP contribution is 2.33. The van der Waals surface area contributed by atoms with E-state index in [1.165, 1.54) is 34.2 Å². The number of thiophene rings is 1. The minimum Gasteiger partial charge on any atom is -0.361 e. The van der Waals surface area contributed by atoms with Crippen molar-refractivity contribution in [2.75, 3.05) is 0 Å². The zero-order chi connectivity index (χ0) is 20.3. The number of hydrogen-bond donors (Lipinski definition) is 1. The van der Waals surface area contributed by atoms with Gasteiger partial charge in [0.25, 0.3) is 0 Å². The average molecular weight is 414 g/mol. The predicted molar refractivity (Wildman–Crippen MR) is 123 cm³/mol. The first kappa shape index (κ1) is 18.8. The maximum atomic E-state index is 5.54. The normalized spacial score (nSPS) is 11.4. The third-order valence-corrected chi connectivity index (χ3v) is 6.50. The number of aromatic nitrogens is 3. The van der Waals surface area contributed by atoms with Crippen molar-refractivity contribution in [3.8, 4) is 21.1 Å². The Kier molecular flexibility index (Phi) is 5.20. The summed E-state index contributed by atoms with van der Waals surface area (Å²) in [5.41, 5.74) is 4.91. The van der Waals surface area contributed by atoms with E-state index in [0.717, 1.165) is 22.4 Å². The number of para-hydroxylation sites is 1. The van der Waals surface area contributed by atoms with Gasteiger partial charge in [0.2, 0.25) is 11.7 Å². The van der Waals surface area contributed by atoms with E-state index in [-0.39, 0.29) is 0 Å². The van der Waals surface area contributed by atoms with Crippen LogP contribution in [0.4, 0.5) is 0 Å². The number of nitrogens with zero attached hydrogens (tertiary/aromatic N) is 2. The molecular formula is C25H23N3OS. The average Bonchev–Trinajstić information content (AvgIpc) is 3.53. The van der Waals surface area contributed by atoms with E-state index < -0.39 is 0 Å². The molecule has 0 spiro atoms. The number of nitrogens with one attached hydrogen (secondary N) is 1. The molecule has 3 heterocycles. The Balaban J connectivity index is 1.33. The summed E-state index contributed by atoms with van der Waals surface area (Å²) in [5.74, 6) is 1.28. The maximum absolute atomic E-state index is 5.54. The summed E-state index contributed by atoms with van der Waals surface area (Å²) < 4.78 is 5.54. The summed E-state index contributed by atoms with van der Waals surface area (Å²) in [7, 11) is 0. The highest BCUT2D eigenvalue weighted by Gasteiger charge is 2.14. The lowest BCUT2D eigenvalue weighted by atomic mass is 10.1. The molecule has 5 rings (SSSR count). The van der Waals surface area contributed by atoms with Crippen LogP contribution in [-0.2, 0) is 12.8 Å². The van der Waals surface area contributed by atoms with Gasteiger partial charge in [0.1, 0.15) is 0 Å². The van der Waals surface area contributed by atoms with Crippen LogP contribution in [0, 0.1) is 0 Å². The highest BCUT2D eigenvalue weighted by atomic mass is 32.1. The zero-order valence-corrected chi connectivity index (χ0v) is 17.7. The minimum atomic E-state index is 0.620. The van der Waals surface area contributed by atoms with Crippen LogP contribution in [0.2, 0.25) is 0 Å². The van der Waals surface area contributed by atoms with E-state index in [4.69, 9.17) is 4.52 Å². The summed E-state index contributed by atoms with van der Waals surface area (Å²) >= 11 is 1.70. The number of aryl methyl sites for hydroxylation is 1. The molecule has 0 fully saturated rings. The predicted octanol–water partition coefficient (Wildman–Crippen LogP) is 6.88. The molecule has 5 aromatic rings. The van der Waals surface area contributed by atoms with Crippen LogP contribution in [0.5, 0.6) is 0 Å². The third-order valence-electron chi connectivity index (χ3n) is 5.37. The van der Waals surface area contributed by atoms with Crippen LogP contribution in [-0.4, -0.2) is 15.1 Å². The molecule has 0 bridgehead atoms. The van der Waals surface area contributed by atoms with Gasteiger partial charge in [0.15, 0.2) is 0 Å². The summed E-state index contributed by atoms with van der Waals surface area (Å²) in [4.78, 5) is 10.2. The van der Waals surface area contributed by atoms with E-state index in [0.29, 0.717) is 18.1 Å². The van der Waals surface area contributed by atoms with Crippen molar-refractivity contribution in [1.29, 1.82) is 0 Å². The first-order valence-corrected chi connectivity index (χ1v) is 11.2. The first-order valence-electron chi connectivity index (χ1n) is 10.4. The molecule has 0 aliphatic heterocycles. The van der Waals surface area contributed by atoms with Crippen LogP contribution in [0.25, 0.3) is 32.0 Å². The Morgan fingerprint density at radius 1 is 0.967 bits per heavy atom.